The second-order valence-electron chi connectivity index (χ2n) is 8.59. The Hall–Kier alpha value is -3.62. The van der Waals surface area contributed by atoms with Crippen molar-refractivity contribution < 1.29 is 15.0 Å². The van der Waals surface area contributed by atoms with E-state index in [1.807, 2.05) is 19.1 Å². The first-order chi connectivity index (χ1) is 16.1. The Balaban J connectivity index is 1.90. The van der Waals surface area contributed by atoms with Gasteiger partial charge in [0, 0.05) is 54.1 Å². The number of carbonyl (C=O) groups excluding carboxylic acids is 1. The summed E-state index contributed by atoms with van der Waals surface area (Å²) in [7, 11) is 1.63. The minimum absolute atomic E-state index is 0.115. The fraction of sp³-hybridized carbons (Fsp3) is 0.308. The molecule has 2 aromatic heterocycles. The molecule has 4 N–H and O–H groups in total. The Morgan fingerprint density at radius 3 is 2.53 bits per heavy atom. The number of anilines is 2. The summed E-state index contributed by atoms with van der Waals surface area (Å²) >= 11 is 0. The zero-order valence-corrected chi connectivity index (χ0v) is 20.0. The van der Waals surface area contributed by atoms with Crippen molar-refractivity contribution in [2.45, 2.75) is 32.8 Å². The second kappa shape index (κ2) is 10.5. The number of nitrogens with one attached hydrogen (secondary N) is 2. The number of carbonyl (C=O) groups is 1. The predicted octanol–water partition coefficient (Wildman–Crippen LogP) is 3.96. The molecule has 178 valence electrons. The molecule has 0 bridgehead atoms. The van der Waals surface area contributed by atoms with Crippen LogP contribution in [0.15, 0.2) is 54.9 Å². The lowest BCUT2D eigenvalue weighted by molar-refractivity contribution is 0.0765. The molecule has 34 heavy (non-hydrogen) atoms. The van der Waals surface area contributed by atoms with Crippen LogP contribution in [0, 0.1) is 5.41 Å². The maximum absolute atomic E-state index is 12.7. The molecule has 3 aromatic rings. The van der Waals surface area contributed by atoms with Crippen LogP contribution < -0.4 is 5.32 Å². The van der Waals surface area contributed by atoms with Crippen LogP contribution in [0.2, 0.25) is 0 Å². The van der Waals surface area contributed by atoms with Gasteiger partial charge >= 0.3 is 0 Å². The lowest BCUT2D eigenvalue weighted by Crippen LogP contribution is -2.29. The molecule has 0 aliphatic rings. The van der Waals surface area contributed by atoms with E-state index in [-0.39, 0.29) is 19.1 Å². The molecule has 3 rings (SSSR count). The van der Waals surface area contributed by atoms with Crippen LogP contribution in [-0.4, -0.2) is 56.9 Å². The van der Waals surface area contributed by atoms with Gasteiger partial charge < -0.3 is 25.8 Å². The van der Waals surface area contributed by atoms with E-state index in [9.17, 15) is 9.90 Å². The maximum Gasteiger partial charge on any atom is 0.253 e. The van der Waals surface area contributed by atoms with E-state index < -0.39 is 5.60 Å². The summed E-state index contributed by atoms with van der Waals surface area (Å²) in [6.45, 7) is 5.48. The van der Waals surface area contributed by atoms with Gasteiger partial charge in [-0.15, -0.1) is 0 Å². The van der Waals surface area contributed by atoms with E-state index in [0.29, 0.717) is 40.5 Å². The van der Waals surface area contributed by atoms with Crippen molar-refractivity contribution in [1.29, 1.82) is 5.41 Å². The van der Waals surface area contributed by atoms with E-state index >= 15 is 0 Å². The van der Waals surface area contributed by atoms with Gasteiger partial charge in [0.1, 0.15) is 5.82 Å². The second-order valence-corrected chi connectivity index (χ2v) is 8.59. The summed E-state index contributed by atoms with van der Waals surface area (Å²) in [5, 5.41) is 31.0. The molecule has 0 saturated heterocycles. The molecule has 0 spiro atoms. The van der Waals surface area contributed by atoms with Crippen molar-refractivity contribution in [1.82, 2.24) is 14.9 Å². The lowest BCUT2D eigenvalue weighted by atomic mass is 9.98. The van der Waals surface area contributed by atoms with Gasteiger partial charge in [-0.3, -0.25) is 9.78 Å². The SMILES string of the molecule is CCC(=N)c1ccc(C(=O)N(C)CCO)cc1Nc1ccc(-c2cc(C(C)(C)O)ccn2)cn1. The number of benzene rings is 1. The molecular formula is C26H31N5O3. The number of nitrogens with zero attached hydrogens (tertiary/aromatic N) is 3. The van der Waals surface area contributed by atoms with E-state index in [0.717, 1.165) is 11.1 Å². The standard InChI is InChI=1S/C26H31N5O3/c1-5-21(27)20-8-6-17(25(33)31(4)12-13-32)14-23(20)30-24-9-7-18(16-29-24)22-15-19(10-11-28-22)26(2,3)34/h6-11,14-16,27,32,34H,5,12-13H2,1-4H3,(H,29,30). The normalized spacial score (nSPS) is 11.2. The number of amides is 1. The zero-order chi connectivity index (χ0) is 24.9. The summed E-state index contributed by atoms with van der Waals surface area (Å²) in [6.07, 6.45) is 3.89. The summed E-state index contributed by atoms with van der Waals surface area (Å²) in [6, 6.07) is 12.5. The van der Waals surface area contributed by atoms with Crippen molar-refractivity contribution in [2.75, 3.05) is 25.5 Å². The van der Waals surface area contributed by atoms with Crippen LogP contribution in [-0.2, 0) is 5.60 Å². The Labute approximate surface area is 199 Å². The minimum atomic E-state index is -0.972. The molecule has 0 aliphatic carbocycles. The number of rotatable bonds is 9. The van der Waals surface area contributed by atoms with E-state index in [1.165, 1.54) is 4.90 Å². The third kappa shape index (κ3) is 5.84. The van der Waals surface area contributed by atoms with Gasteiger partial charge in [0.15, 0.2) is 0 Å². The minimum Gasteiger partial charge on any atom is -0.395 e. The molecule has 0 unspecified atom stereocenters. The van der Waals surface area contributed by atoms with Gasteiger partial charge in [-0.1, -0.05) is 13.0 Å². The highest BCUT2D eigenvalue weighted by Gasteiger charge is 2.18. The average Bonchev–Trinajstić information content (AvgIpc) is 2.83. The van der Waals surface area contributed by atoms with Gasteiger partial charge in [-0.05, 0) is 62.2 Å². The lowest BCUT2D eigenvalue weighted by Gasteiger charge is -2.18. The Bertz CT molecular complexity index is 1170. The molecule has 1 amide bonds. The molecule has 0 aliphatic heterocycles. The highest BCUT2D eigenvalue weighted by molar-refractivity contribution is 6.05. The topological polar surface area (TPSA) is 122 Å². The quantitative estimate of drug-likeness (QED) is 0.358. The number of aromatic nitrogens is 2. The highest BCUT2D eigenvalue weighted by Crippen LogP contribution is 2.27. The van der Waals surface area contributed by atoms with Crippen molar-refractivity contribution in [3.63, 3.8) is 0 Å². The molecule has 2 heterocycles. The number of hydrogen-bond donors (Lipinski definition) is 4. The fourth-order valence-electron chi connectivity index (χ4n) is 3.43. The van der Waals surface area contributed by atoms with Crippen molar-refractivity contribution in [3.05, 3.63) is 71.5 Å². The Kier molecular flexibility index (Phi) is 7.75. The van der Waals surface area contributed by atoms with E-state index in [1.54, 1.807) is 63.6 Å². The number of likely N-dealkylation sites (N-methyl/N-ethyl adjacent to an activating group) is 1. The maximum atomic E-state index is 12.7. The van der Waals surface area contributed by atoms with Gasteiger partial charge in [0.05, 0.1) is 17.9 Å². The number of aliphatic hydroxyl groups is 2. The number of pyridine rings is 2. The molecular weight excluding hydrogens is 430 g/mol. The molecule has 0 saturated carbocycles. The third-order valence-corrected chi connectivity index (χ3v) is 5.52. The third-order valence-electron chi connectivity index (χ3n) is 5.52. The van der Waals surface area contributed by atoms with Gasteiger partial charge in [-0.25, -0.2) is 4.98 Å². The monoisotopic (exact) mass is 461 g/mol. The molecule has 8 nitrogen and oxygen atoms in total. The predicted molar refractivity (Wildman–Crippen MR) is 134 cm³/mol. The van der Waals surface area contributed by atoms with Crippen molar-refractivity contribution >= 4 is 23.1 Å². The molecule has 8 heteroatoms. The van der Waals surface area contributed by atoms with E-state index in [4.69, 9.17) is 10.5 Å². The molecule has 0 radical (unpaired) electrons. The van der Waals surface area contributed by atoms with Crippen LogP contribution in [0.3, 0.4) is 0 Å². The van der Waals surface area contributed by atoms with Gasteiger partial charge in [0.2, 0.25) is 0 Å². The van der Waals surface area contributed by atoms with Crippen LogP contribution in [0.25, 0.3) is 11.3 Å². The smallest absolute Gasteiger partial charge is 0.253 e. The first kappa shape index (κ1) is 25.0. The average molecular weight is 462 g/mol. The number of hydrogen-bond acceptors (Lipinski definition) is 7. The first-order valence-corrected chi connectivity index (χ1v) is 11.1. The van der Waals surface area contributed by atoms with Crippen LogP contribution in [0.1, 0.15) is 48.7 Å². The fourth-order valence-corrected chi connectivity index (χ4v) is 3.43. The Morgan fingerprint density at radius 1 is 1.15 bits per heavy atom. The summed E-state index contributed by atoms with van der Waals surface area (Å²) in [5.74, 6) is 0.341. The Morgan fingerprint density at radius 2 is 1.91 bits per heavy atom. The molecule has 0 atom stereocenters. The summed E-state index contributed by atoms with van der Waals surface area (Å²) in [4.78, 5) is 23.0. The number of aliphatic hydroxyl groups excluding tert-OH is 1. The van der Waals surface area contributed by atoms with Crippen LogP contribution in [0.4, 0.5) is 11.5 Å². The van der Waals surface area contributed by atoms with Crippen molar-refractivity contribution in [2.24, 2.45) is 0 Å². The van der Waals surface area contributed by atoms with E-state index in [2.05, 4.69) is 15.3 Å². The van der Waals surface area contributed by atoms with Gasteiger partial charge in [0.25, 0.3) is 5.91 Å². The first-order valence-electron chi connectivity index (χ1n) is 11.1. The summed E-state index contributed by atoms with van der Waals surface area (Å²) < 4.78 is 0. The highest BCUT2D eigenvalue weighted by atomic mass is 16.3. The largest absolute Gasteiger partial charge is 0.395 e. The van der Waals surface area contributed by atoms with Gasteiger partial charge in [-0.2, -0.15) is 0 Å². The molecule has 1 aromatic carbocycles. The van der Waals surface area contributed by atoms with Crippen molar-refractivity contribution in [3.8, 4) is 11.3 Å². The summed E-state index contributed by atoms with van der Waals surface area (Å²) in [5.41, 5.74) is 3.48. The van der Waals surface area contributed by atoms with Crippen LogP contribution >= 0.6 is 0 Å². The van der Waals surface area contributed by atoms with Crippen LogP contribution in [0.5, 0.6) is 0 Å². The molecule has 0 fully saturated rings. The zero-order valence-electron chi connectivity index (χ0n) is 20.0.